The van der Waals surface area contributed by atoms with E-state index in [-0.39, 0.29) is 32.7 Å². The van der Waals surface area contributed by atoms with Crippen LogP contribution in [0.1, 0.15) is 0 Å². The van der Waals surface area contributed by atoms with Gasteiger partial charge in [0.1, 0.15) is 0 Å². The van der Waals surface area contributed by atoms with Gasteiger partial charge >= 0.3 is 0 Å². The third-order valence-electron chi connectivity index (χ3n) is 1.83. The summed E-state index contributed by atoms with van der Waals surface area (Å²) >= 11 is 0. The zero-order valence-corrected chi connectivity index (χ0v) is 12.3. The molecule has 0 atom stereocenters. The Kier molecular flexibility index (Phi) is 24.4. The first-order chi connectivity index (χ1) is 6.35. The minimum atomic E-state index is 0. The van der Waals surface area contributed by atoms with Crippen LogP contribution in [0.4, 0.5) is 0 Å². The van der Waals surface area contributed by atoms with Crippen molar-refractivity contribution < 1.29 is 14.2 Å². The summed E-state index contributed by atoms with van der Waals surface area (Å²) in [6, 6.07) is 0. The second kappa shape index (κ2) is 17.3. The largest absolute Gasteiger partial charge is 0.384 e. The Hall–Kier alpha value is 0.890. The normalized spacial score (nSPS) is 9.60. The monoisotopic (exact) mass is 280 g/mol. The van der Waals surface area contributed by atoms with Crippen LogP contribution in [0.5, 0.6) is 0 Å². The second-order valence-electron chi connectivity index (χ2n) is 2.82. The maximum absolute atomic E-state index is 5.07. The van der Waals surface area contributed by atoms with E-state index in [1.54, 1.807) is 21.3 Å². The maximum Gasteiger partial charge on any atom is 0.0501 e. The third-order valence-corrected chi connectivity index (χ3v) is 4.28. The van der Waals surface area contributed by atoms with Crippen LogP contribution in [0.15, 0.2) is 0 Å². The van der Waals surface area contributed by atoms with Crippen LogP contribution in [0.25, 0.3) is 0 Å². The number of hydrogen-bond donors (Lipinski definition) is 0. The molecule has 0 amide bonds. The fraction of sp³-hybridized carbons (Fsp3) is 1.00. The molecule has 0 bridgehead atoms. The van der Waals surface area contributed by atoms with Crippen molar-refractivity contribution in [3.05, 3.63) is 0 Å². The smallest absolute Gasteiger partial charge is 0.0501 e. The first-order valence-electron chi connectivity index (χ1n) is 4.54. The molecule has 0 saturated carbocycles. The zero-order valence-electron chi connectivity index (χ0n) is 9.73. The number of halogens is 2. The molecule has 0 rings (SSSR count). The zero-order chi connectivity index (χ0) is 9.94. The Morgan fingerprint density at radius 3 is 1.13 bits per heavy atom. The van der Waals surface area contributed by atoms with Gasteiger partial charge in [-0.25, -0.2) is 0 Å². The lowest BCUT2D eigenvalue weighted by atomic mass is 10.8. The Labute approximate surface area is 107 Å². The Balaban J connectivity index is -0.000000720. The van der Waals surface area contributed by atoms with E-state index >= 15 is 0 Å². The van der Waals surface area contributed by atoms with Crippen LogP contribution in [-0.2, 0) is 14.2 Å². The second-order valence-corrected chi connectivity index (χ2v) is 5.50. The Morgan fingerprint density at radius 2 is 0.933 bits per heavy atom. The summed E-state index contributed by atoms with van der Waals surface area (Å²) in [6.45, 7) is 2.58. The minimum Gasteiger partial charge on any atom is -0.384 e. The average Bonchev–Trinajstić information content (AvgIpc) is 2.17. The van der Waals surface area contributed by atoms with Gasteiger partial charge in [0.15, 0.2) is 0 Å². The van der Waals surface area contributed by atoms with Gasteiger partial charge in [0.05, 0.1) is 19.8 Å². The van der Waals surface area contributed by atoms with Crippen molar-refractivity contribution in [1.82, 2.24) is 0 Å². The van der Waals surface area contributed by atoms with Crippen LogP contribution in [0.3, 0.4) is 0 Å². The van der Waals surface area contributed by atoms with Gasteiger partial charge in [0.2, 0.25) is 0 Å². The van der Waals surface area contributed by atoms with Gasteiger partial charge in [0, 0.05) is 21.3 Å². The molecule has 0 aliphatic carbocycles. The summed E-state index contributed by atoms with van der Waals surface area (Å²) in [5, 5.41) is 0. The highest BCUT2D eigenvalue weighted by Gasteiger charge is 2.06. The molecule has 0 unspecified atom stereocenters. The summed E-state index contributed by atoms with van der Waals surface area (Å²) in [6.07, 6.45) is 3.50. The molecule has 0 radical (unpaired) electrons. The lowest BCUT2D eigenvalue weighted by molar-refractivity contribution is 0.209. The lowest BCUT2D eigenvalue weighted by Gasteiger charge is -2.16. The van der Waals surface area contributed by atoms with Crippen molar-refractivity contribution in [3.8, 4) is 0 Å². The SMILES string of the molecule is COCCP(CCOC)CCOC.Cl.Cl. The van der Waals surface area contributed by atoms with Crippen LogP contribution in [0, 0.1) is 0 Å². The number of rotatable bonds is 9. The molecule has 0 aromatic heterocycles. The Bertz CT molecular complexity index is 90.3. The van der Waals surface area contributed by atoms with E-state index in [9.17, 15) is 0 Å². The van der Waals surface area contributed by atoms with Crippen LogP contribution in [0.2, 0.25) is 0 Å². The van der Waals surface area contributed by atoms with E-state index in [2.05, 4.69) is 0 Å². The Morgan fingerprint density at radius 1 is 0.667 bits per heavy atom. The van der Waals surface area contributed by atoms with Crippen molar-refractivity contribution in [2.45, 2.75) is 0 Å². The molecule has 0 saturated heterocycles. The molecule has 0 aliphatic rings. The summed E-state index contributed by atoms with van der Waals surface area (Å²) in [5.74, 6) is 0. The van der Waals surface area contributed by atoms with E-state index in [1.807, 2.05) is 0 Å². The molecule has 0 aromatic rings. The topological polar surface area (TPSA) is 27.7 Å². The van der Waals surface area contributed by atoms with E-state index in [1.165, 1.54) is 18.5 Å². The van der Waals surface area contributed by atoms with E-state index < -0.39 is 0 Å². The van der Waals surface area contributed by atoms with Gasteiger partial charge in [-0.05, 0) is 18.5 Å². The predicted octanol–water partition coefficient (Wildman–Crippen LogP) is 2.25. The molecule has 0 heterocycles. The van der Waals surface area contributed by atoms with E-state index in [0.717, 1.165) is 19.8 Å². The fourth-order valence-corrected chi connectivity index (χ4v) is 2.99. The molecular formula is C9H23Cl2O3P. The average molecular weight is 281 g/mol. The molecule has 6 heteroatoms. The lowest BCUT2D eigenvalue weighted by Crippen LogP contribution is -2.07. The fourth-order valence-electron chi connectivity index (χ4n) is 0.997. The van der Waals surface area contributed by atoms with E-state index in [4.69, 9.17) is 14.2 Å². The first-order valence-corrected chi connectivity index (χ1v) is 6.44. The standard InChI is InChI=1S/C9H21O3P.2ClH/c1-10-4-7-13(8-5-11-2)9-6-12-3;;/h4-9H2,1-3H3;2*1H. The molecule has 15 heavy (non-hydrogen) atoms. The first kappa shape index (κ1) is 21.2. The summed E-state index contributed by atoms with van der Waals surface area (Å²) in [5.41, 5.74) is 0. The van der Waals surface area contributed by atoms with Gasteiger partial charge in [-0.1, -0.05) is 7.92 Å². The predicted molar refractivity (Wildman–Crippen MR) is 71.6 cm³/mol. The van der Waals surface area contributed by atoms with Gasteiger partial charge in [0.25, 0.3) is 0 Å². The maximum atomic E-state index is 5.07. The quantitative estimate of drug-likeness (QED) is 0.607. The van der Waals surface area contributed by atoms with Crippen molar-refractivity contribution in [2.75, 3.05) is 59.6 Å². The van der Waals surface area contributed by atoms with Crippen molar-refractivity contribution in [3.63, 3.8) is 0 Å². The van der Waals surface area contributed by atoms with Crippen molar-refractivity contribution in [2.24, 2.45) is 0 Å². The van der Waals surface area contributed by atoms with Crippen LogP contribution in [-0.4, -0.2) is 59.6 Å². The molecule has 0 fully saturated rings. The number of hydrogen-bond acceptors (Lipinski definition) is 3. The summed E-state index contributed by atoms with van der Waals surface area (Å²) in [4.78, 5) is 0. The van der Waals surface area contributed by atoms with Gasteiger partial charge in [-0.3, -0.25) is 0 Å². The van der Waals surface area contributed by atoms with Gasteiger partial charge in [-0.15, -0.1) is 24.8 Å². The highest BCUT2D eigenvalue weighted by Crippen LogP contribution is 2.33. The molecule has 0 N–H and O–H groups in total. The number of methoxy groups -OCH3 is 3. The van der Waals surface area contributed by atoms with E-state index in [0.29, 0.717) is 0 Å². The third kappa shape index (κ3) is 14.9. The molecule has 96 valence electrons. The molecule has 0 spiro atoms. The molecule has 3 nitrogen and oxygen atoms in total. The number of ether oxygens (including phenoxy) is 3. The highest BCUT2D eigenvalue weighted by atomic mass is 35.5. The van der Waals surface area contributed by atoms with Gasteiger partial charge in [-0.2, -0.15) is 0 Å². The molecular weight excluding hydrogens is 258 g/mol. The summed E-state index contributed by atoms with van der Waals surface area (Å²) in [7, 11) is 5.30. The summed E-state index contributed by atoms with van der Waals surface area (Å²) < 4.78 is 15.2. The highest BCUT2D eigenvalue weighted by molar-refractivity contribution is 7.57. The van der Waals surface area contributed by atoms with Crippen molar-refractivity contribution in [1.29, 1.82) is 0 Å². The minimum absolute atomic E-state index is 0. The van der Waals surface area contributed by atoms with Crippen LogP contribution >= 0.6 is 32.7 Å². The van der Waals surface area contributed by atoms with Crippen molar-refractivity contribution >= 4 is 32.7 Å². The molecule has 0 aliphatic heterocycles. The molecule has 0 aromatic carbocycles. The van der Waals surface area contributed by atoms with Gasteiger partial charge < -0.3 is 14.2 Å². The van der Waals surface area contributed by atoms with Crippen LogP contribution < -0.4 is 0 Å².